The summed E-state index contributed by atoms with van der Waals surface area (Å²) in [5, 5.41) is 3.74. The van der Waals surface area contributed by atoms with E-state index in [0.29, 0.717) is 5.84 Å². The summed E-state index contributed by atoms with van der Waals surface area (Å²) in [6.07, 6.45) is 1.75. The number of nitrogens with zero attached hydrogens (tertiary/aromatic N) is 2. The van der Waals surface area contributed by atoms with Gasteiger partial charge in [0, 0.05) is 16.1 Å². The van der Waals surface area contributed by atoms with E-state index in [1.165, 1.54) is 0 Å². The third-order valence-electron chi connectivity index (χ3n) is 1.68. The van der Waals surface area contributed by atoms with Crippen molar-refractivity contribution in [3.8, 4) is 0 Å². The van der Waals surface area contributed by atoms with E-state index in [2.05, 4.69) is 26.5 Å². The molecule has 0 saturated heterocycles. The van der Waals surface area contributed by atoms with Gasteiger partial charge >= 0.3 is 0 Å². The quantitative estimate of drug-likeness (QED) is 0.793. The number of amidine groups is 1. The first kappa shape index (κ1) is 8.31. The minimum Gasteiger partial charge on any atom is -0.382 e. The minimum absolute atomic E-state index is 0.454. The van der Waals surface area contributed by atoms with E-state index in [0.717, 1.165) is 15.7 Å². The van der Waals surface area contributed by atoms with Crippen LogP contribution in [0.1, 0.15) is 5.56 Å². The van der Waals surface area contributed by atoms with Crippen LogP contribution in [0.2, 0.25) is 0 Å². The van der Waals surface area contributed by atoms with E-state index in [1.807, 2.05) is 24.3 Å². The lowest BCUT2D eigenvalue weighted by molar-refractivity contribution is 0.991. The maximum Gasteiger partial charge on any atom is 0.148 e. The molecule has 0 aliphatic carbocycles. The zero-order valence-corrected chi connectivity index (χ0v) is 8.32. The van der Waals surface area contributed by atoms with Crippen molar-refractivity contribution in [2.24, 2.45) is 10.8 Å². The summed E-state index contributed by atoms with van der Waals surface area (Å²) in [5.41, 5.74) is 11.2. The van der Waals surface area contributed by atoms with Crippen molar-refractivity contribution >= 4 is 27.5 Å². The Kier molecular flexibility index (Phi) is 2.06. The van der Waals surface area contributed by atoms with Gasteiger partial charge in [-0.25, -0.2) is 0 Å². The molecular formula is C9H7BrN3. The maximum absolute atomic E-state index is 5.47. The smallest absolute Gasteiger partial charge is 0.148 e. The van der Waals surface area contributed by atoms with Crippen LogP contribution in [0.5, 0.6) is 0 Å². The Balaban J connectivity index is 2.33. The normalized spacial score (nSPS) is 14.8. The lowest BCUT2D eigenvalue weighted by Gasteiger charge is -1.99. The van der Waals surface area contributed by atoms with E-state index >= 15 is 0 Å². The highest BCUT2D eigenvalue weighted by Gasteiger charge is 2.09. The second-order valence-corrected chi connectivity index (χ2v) is 3.58. The molecule has 0 atom stereocenters. The monoisotopic (exact) mass is 236 g/mol. The Bertz CT molecular complexity index is 396. The predicted molar refractivity (Wildman–Crippen MR) is 55.9 cm³/mol. The highest BCUT2D eigenvalue weighted by atomic mass is 79.9. The molecule has 65 valence electrons. The van der Waals surface area contributed by atoms with Crippen molar-refractivity contribution in [2.45, 2.75) is 0 Å². The van der Waals surface area contributed by atoms with Crippen LogP contribution >= 0.6 is 15.9 Å². The second-order valence-electron chi connectivity index (χ2n) is 2.66. The molecule has 0 unspecified atom stereocenters. The van der Waals surface area contributed by atoms with Crippen LogP contribution < -0.4 is 11.2 Å². The van der Waals surface area contributed by atoms with Crippen molar-refractivity contribution in [1.82, 2.24) is 5.43 Å². The molecule has 1 radical (unpaired) electrons. The molecule has 4 heteroatoms. The molecule has 0 fully saturated rings. The van der Waals surface area contributed by atoms with Gasteiger partial charge in [0.25, 0.3) is 0 Å². The zero-order chi connectivity index (χ0) is 9.26. The largest absolute Gasteiger partial charge is 0.382 e. The minimum atomic E-state index is 0.454. The van der Waals surface area contributed by atoms with Gasteiger partial charge in [0.1, 0.15) is 5.84 Å². The molecule has 0 aromatic heterocycles. The zero-order valence-electron chi connectivity index (χ0n) is 6.74. The molecule has 3 nitrogen and oxygen atoms in total. The number of halogens is 1. The molecule has 2 rings (SSSR count). The van der Waals surface area contributed by atoms with Crippen LogP contribution in [-0.2, 0) is 0 Å². The van der Waals surface area contributed by atoms with Gasteiger partial charge in [0.2, 0.25) is 0 Å². The fourth-order valence-electron chi connectivity index (χ4n) is 1.10. The molecule has 1 aromatic carbocycles. The summed E-state index contributed by atoms with van der Waals surface area (Å²) in [6.45, 7) is 0. The molecule has 1 aliphatic rings. The third-order valence-corrected chi connectivity index (χ3v) is 2.17. The van der Waals surface area contributed by atoms with Gasteiger partial charge in [0.05, 0.1) is 5.70 Å². The van der Waals surface area contributed by atoms with Crippen molar-refractivity contribution in [3.05, 3.63) is 40.4 Å². The number of hydrogen-bond acceptors (Lipinski definition) is 2. The predicted octanol–water partition coefficient (Wildman–Crippen LogP) is 1.68. The SMILES string of the molecule is NC1=N[N]C(c2cccc(Br)c2)=C1. The van der Waals surface area contributed by atoms with Crippen molar-refractivity contribution < 1.29 is 0 Å². The summed E-state index contributed by atoms with van der Waals surface area (Å²) in [6, 6.07) is 7.85. The van der Waals surface area contributed by atoms with Gasteiger partial charge in [-0.1, -0.05) is 28.1 Å². The Morgan fingerprint density at radius 2 is 2.15 bits per heavy atom. The van der Waals surface area contributed by atoms with Crippen LogP contribution in [-0.4, -0.2) is 5.84 Å². The Morgan fingerprint density at radius 3 is 2.77 bits per heavy atom. The summed E-state index contributed by atoms with van der Waals surface area (Å²) < 4.78 is 1.02. The van der Waals surface area contributed by atoms with Gasteiger partial charge in [-0.3, -0.25) is 0 Å². The van der Waals surface area contributed by atoms with Crippen LogP contribution in [0, 0.1) is 0 Å². The lowest BCUT2D eigenvalue weighted by Crippen LogP contribution is -2.04. The lowest BCUT2D eigenvalue weighted by atomic mass is 10.1. The van der Waals surface area contributed by atoms with E-state index < -0.39 is 0 Å². The van der Waals surface area contributed by atoms with Gasteiger partial charge < -0.3 is 5.73 Å². The van der Waals surface area contributed by atoms with Crippen molar-refractivity contribution in [1.29, 1.82) is 0 Å². The van der Waals surface area contributed by atoms with Crippen LogP contribution in [0.15, 0.2) is 39.9 Å². The molecule has 0 spiro atoms. The fraction of sp³-hybridized carbons (Fsp3) is 0. The van der Waals surface area contributed by atoms with E-state index in [4.69, 9.17) is 5.73 Å². The average Bonchev–Trinajstić information content (AvgIpc) is 2.52. The number of nitrogens with two attached hydrogens (primary N) is 1. The van der Waals surface area contributed by atoms with Gasteiger partial charge in [-0.15, -0.1) is 10.5 Å². The van der Waals surface area contributed by atoms with E-state index in [9.17, 15) is 0 Å². The van der Waals surface area contributed by atoms with E-state index in [1.54, 1.807) is 6.08 Å². The van der Waals surface area contributed by atoms with Crippen LogP contribution in [0.3, 0.4) is 0 Å². The van der Waals surface area contributed by atoms with Crippen molar-refractivity contribution in [3.63, 3.8) is 0 Å². The molecular weight excluding hydrogens is 230 g/mol. The highest BCUT2D eigenvalue weighted by molar-refractivity contribution is 9.10. The number of hydrogen-bond donors (Lipinski definition) is 1. The van der Waals surface area contributed by atoms with Crippen molar-refractivity contribution in [2.75, 3.05) is 0 Å². The Hall–Kier alpha value is -1.29. The van der Waals surface area contributed by atoms with Gasteiger partial charge in [-0.05, 0) is 12.1 Å². The summed E-state index contributed by atoms with van der Waals surface area (Å²) >= 11 is 3.39. The maximum atomic E-state index is 5.47. The average molecular weight is 237 g/mol. The number of benzene rings is 1. The number of rotatable bonds is 1. The highest BCUT2D eigenvalue weighted by Crippen LogP contribution is 2.19. The molecule has 13 heavy (non-hydrogen) atoms. The summed E-state index contributed by atoms with van der Waals surface area (Å²) in [4.78, 5) is 0. The molecule has 0 bridgehead atoms. The molecule has 1 heterocycles. The molecule has 1 aromatic rings. The topological polar surface area (TPSA) is 52.5 Å². The van der Waals surface area contributed by atoms with Gasteiger partial charge in [0.15, 0.2) is 0 Å². The molecule has 1 aliphatic heterocycles. The molecule has 0 amide bonds. The molecule has 0 saturated carbocycles. The standard InChI is InChI=1S/C9H7BrN3/c10-7-3-1-2-6(4-7)8-5-9(11)13-12-8/h1-5H,(H2,11,13). The Labute approximate surface area is 84.5 Å². The van der Waals surface area contributed by atoms with Crippen LogP contribution in [0.4, 0.5) is 0 Å². The first-order chi connectivity index (χ1) is 6.25. The van der Waals surface area contributed by atoms with E-state index in [-0.39, 0.29) is 0 Å². The Morgan fingerprint density at radius 1 is 1.31 bits per heavy atom. The molecule has 2 N–H and O–H groups in total. The second kappa shape index (κ2) is 3.22. The fourth-order valence-corrected chi connectivity index (χ4v) is 1.50. The first-order valence-corrected chi connectivity index (χ1v) is 4.57. The summed E-state index contributed by atoms with van der Waals surface area (Å²) in [7, 11) is 0. The first-order valence-electron chi connectivity index (χ1n) is 3.77. The van der Waals surface area contributed by atoms with Gasteiger partial charge in [-0.2, -0.15) is 0 Å². The third kappa shape index (κ3) is 1.72. The summed E-state index contributed by atoms with van der Waals surface area (Å²) in [5.74, 6) is 0.454. The van der Waals surface area contributed by atoms with Crippen LogP contribution in [0.25, 0.3) is 5.70 Å².